The van der Waals surface area contributed by atoms with Crippen molar-refractivity contribution in [2.75, 3.05) is 5.73 Å². The molecule has 160 valence electrons. The summed E-state index contributed by atoms with van der Waals surface area (Å²) in [5.41, 5.74) is 8.74. The number of hydrogen-bond acceptors (Lipinski definition) is 6. The normalized spacial score (nSPS) is 11.2. The number of benzene rings is 2. The van der Waals surface area contributed by atoms with Gasteiger partial charge in [0, 0.05) is 11.8 Å². The molecule has 0 bridgehead atoms. The van der Waals surface area contributed by atoms with Crippen LogP contribution >= 0.6 is 0 Å². The van der Waals surface area contributed by atoms with Crippen LogP contribution in [0.15, 0.2) is 67.0 Å². The van der Waals surface area contributed by atoms with Crippen molar-refractivity contribution in [1.82, 2.24) is 29.5 Å². The summed E-state index contributed by atoms with van der Waals surface area (Å²) in [6.45, 7) is 2.44. The van der Waals surface area contributed by atoms with Gasteiger partial charge in [-0.2, -0.15) is 20.2 Å². The minimum atomic E-state index is -0.356. The number of rotatable bonds is 6. The zero-order valence-electron chi connectivity index (χ0n) is 17.3. The van der Waals surface area contributed by atoms with Crippen LogP contribution in [0.1, 0.15) is 16.8 Å². The van der Waals surface area contributed by atoms with Crippen LogP contribution < -0.4 is 10.5 Å². The van der Waals surface area contributed by atoms with E-state index in [1.165, 1.54) is 6.07 Å². The van der Waals surface area contributed by atoms with Gasteiger partial charge in [0.05, 0.1) is 23.8 Å². The summed E-state index contributed by atoms with van der Waals surface area (Å²) in [5, 5.41) is 9.46. The van der Waals surface area contributed by atoms with Gasteiger partial charge in [-0.15, -0.1) is 0 Å². The van der Waals surface area contributed by atoms with E-state index in [0.29, 0.717) is 34.8 Å². The van der Waals surface area contributed by atoms with Crippen LogP contribution in [0, 0.1) is 12.7 Å². The van der Waals surface area contributed by atoms with Gasteiger partial charge >= 0.3 is 0 Å². The lowest BCUT2D eigenvalue weighted by Gasteiger charge is -2.10. The van der Waals surface area contributed by atoms with Crippen LogP contribution in [0.4, 0.5) is 10.3 Å². The van der Waals surface area contributed by atoms with Crippen LogP contribution in [-0.4, -0.2) is 29.5 Å². The second kappa shape index (κ2) is 8.10. The monoisotopic (exact) mass is 429 g/mol. The highest BCUT2D eigenvalue weighted by atomic mass is 19.1. The van der Waals surface area contributed by atoms with E-state index in [1.54, 1.807) is 33.9 Å². The number of nitrogen functional groups attached to an aromatic ring is 1. The third-order valence-electron chi connectivity index (χ3n) is 5.02. The Balaban J connectivity index is 1.45. The lowest BCUT2D eigenvalue weighted by Crippen LogP contribution is -2.08. The van der Waals surface area contributed by atoms with Crippen LogP contribution in [0.2, 0.25) is 0 Å². The molecule has 0 saturated heterocycles. The number of anilines is 1. The van der Waals surface area contributed by atoms with Crippen molar-refractivity contribution in [3.8, 4) is 11.6 Å². The molecule has 0 aliphatic rings. The number of fused-ring (bicyclic) bond motifs is 1. The molecule has 2 N–H and O–H groups in total. The van der Waals surface area contributed by atoms with E-state index in [1.807, 2.05) is 43.3 Å². The first-order valence-electron chi connectivity index (χ1n) is 10.0. The van der Waals surface area contributed by atoms with Crippen LogP contribution in [0.5, 0.6) is 5.75 Å². The maximum Gasteiger partial charge on any atom is 0.224 e. The molecule has 0 fully saturated rings. The summed E-state index contributed by atoms with van der Waals surface area (Å²) >= 11 is 0. The Bertz CT molecular complexity index is 1390. The Morgan fingerprint density at radius 2 is 1.91 bits per heavy atom. The predicted octanol–water partition coefficient (Wildman–Crippen LogP) is 3.67. The Labute approximate surface area is 183 Å². The van der Waals surface area contributed by atoms with Crippen molar-refractivity contribution in [3.05, 3.63) is 89.6 Å². The Hall–Kier alpha value is -4.27. The molecule has 0 spiro atoms. The van der Waals surface area contributed by atoms with E-state index in [2.05, 4.69) is 20.2 Å². The van der Waals surface area contributed by atoms with E-state index in [9.17, 15) is 4.39 Å². The molecule has 5 aromatic rings. The predicted molar refractivity (Wildman–Crippen MR) is 118 cm³/mol. The summed E-state index contributed by atoms with van der Waals surface area (Å²) in [4.78, 5) is 8.63. The lowest BCUT2D eigenvalue weighted by molar-refractivity contribution is 0.305. The van der Waals surface area contributed by atoms with Gasteiger partial charge in [0.25, 0.3) is 0 Å². The van der Waals surface area contributed by atoms with Gasteiger partial charge in [-0.1, -0.05) is 30.3 Å². The van der Waals surface area contributed by atoms with Gasteiger partial charge in [-0.05, 0) is 36.8 Å². The molecule has 0 amide bonds. The van der Waals surface area contributed by atoms with Crippen molar-refractivity contribution < 1.29 is 9.13 Å². The van der Waals surface area contributed by atoms with E-state index in [-0.39, 0.29) is 18.3 Å². The number of nitrogens with two attached hydrogens (primary N) is 1. The molecule has 5 rings (SSSR count). The number of aromatic nitrogens is 6. The highest BCUT2D eigenvalue weighted by Gasteiger charge is 2.16. The summed E-state index contributed by atoms with van der Waals surface area (Å²) in [5.74, 6) is 0.823. The maximum absolute atomic E-state index is 14.6. The molecule has 3 heterocycles. The molecule has 2 aromatic carbocycles. The average molecular weight is 429 g/mol. The first-order valence-corrected chi connectivity index (χ1v) is 10.0. The van der Waals surface area contributed by atoms with Crippen molar-refractivity contribution >= 4 is 17.0 Å². The molecule has 8 nitrogen and oxygen atoms in total. The Kier molecular flexibility index (Phi) is 4.98. The molecule has 3 aromatic heterocycles. The van der Waals surface area contributed by atoms with Gasteiger partial charge in [0.15, 0.2) is 11.5 Å². The largest absolute Gasteiger partial charge is 0.489 e. The number of nitrogens with zero attached hydrogens (tertiary/aromatic N) is 6. The molecule has 32 heavy (non-hydrogen) atoms. The van der Waals surface area contributed by atoms with Gasteiger partial charge < -0.3 is 10.5 Å². The zero-order chi connectivity index (χ0) is 22.1. The fourth-order valence-corrected chi connectivity index (χ4v) is 3.44. The third-order valence-corrected chi connectivity index (χ3v) is 5.02. The number of aryl methyl sites for hydroxylation is 1. The summed E-state index contributed by atoms with van der Waals surface area (Å²) in [6.07, 6.45) is 3.43. The topological polar surface area (TPSA) is 96.7 Å². The molecule has 0 aliphatic heterocycles. The van der Waals surface area contributed by atoms with E-state index in [4.69, 9.17) is 10.5 Å². The minimum Gasteiger partial charge on any atom is -0.489 e. The molecule has 0 radical (unpaired) electrons. The molecule has 0 saturated carbocycles. The second-order valence-corrected chi connectivity index (χ2v) is 7.37. The standard InChI is InChI=1S/C23H20FN7O/c1-15-9-10-30(29-15)21-19-12-26-31(22(19)28-23(25)27-21)13-17-11-18(7-8-20(17)24)32-14-16-5-3-2-4-6-16/h2-12H,13-14H2,1H3,(H2,25,27,28). The second-order valence-electron chi connectivity index (χ2n) is 7.37. The number of hydrogen-bond donors (Lipinski definition) is 1. The fraction of sp³-hybridized carbons (Fsp3) is 0.130. The molecular formula is C23H20FN7O. The highest BCUT2D eigenvalue weighted by molar-refractivity contribution is 5.83. The van der Waals surface area contributed by atoms with Gasteiger partial charge in [-0.25, -0.2) is 13.8 Å². The van der Waals surface area contributed by atoms with E-state index >= 15 is 0 Å². The van der Waals surface area contributed by atoms with Crippen molar-refractivity contribution in [2.45, 2.75) is 20.1 Å². The first-order chi connectivity index (χ1) is 15.6. The van der Waals surface area contributed by atoms with Gasteiger partial charge in [-0.3, -0.25) is 0 Å². The molecule has 0 unspecified atom stereocenters. The quantitative estimate of drug-likeness (QED) is 0.442. The zero-order valence-corrected chi connectivity index (χ0v) is 17.3. The third kappa shape index (κ3) is 3.87. The highest BCUT2D eigenvalue weighted by Crippen LogP contribution is 2.23. The summed E-state index contributed by atoms with van der Waals surface area (Å²) < 4.78 is 23.6. The molecular weight excluding hydrogens is 409 g/mol. The van der Waals surface area contributed by atoms with Gasteiger partial charge in [0.2, 0.25) is 5.95 Å². The smallest absolute Gasteiger partial charge is 0.224 e. The Morgan fingerprint density at radius 3 is 2.69 bits per heavy atom. The maximum atomic E-state index is 14.6. The fourth-order valence-electron chi connectivity index (χ4n) is 3.44. The van der Waals surface area contributed by atoms with Crippen molar-refractivity contribution in [3.63, 3.8) is 0 Å². The first kappa shape index (κ1) is 19.7. The van der Waals surface area contributed by atoms with Gasteiger partial charge in [0.1, 0.15) is 18.2 Å². The number of halogens is 1. The van der Waals surface area contributed by atoms with Crippen LogP contribution in [-0.2, 0) is 13.2 Å². The van der Waals surface area contributed by atoms with Crippen LogP contribution in [0.3, 0.4) is 0 Å². The molecule has 0 atom stereocenters. The van der Waals surface area contributed by atoms with E-state index < -0.39 is 0 Å². The Morgan fingerprint density at radius 1 is 1.06 bits per heavy atom. The summed E-state index contributed by atoms with van der Waals surface area (Å²) in [7, 11) is 0. The lowest BCUT2D eigenvalue weighted by atomic mass is 10.2. The minimum absolute atomic E-state index is 0.0859. The van der Waals surface area contributed by atoms with Crippen LogP contribution in [0.25, 0.3) is 16.9 Å². The summed E-state index contributed by atoms with van der Waals surface area (Å²) in [6, 6.07) is 16.3. The molecule has 0 aliphatic carbocycles. The SMILES string of the molecule is Cc1ccn(-c2nc(N)nc3c2cnn3Cc2cc(OCc3ccccc3)ccc2F)n1. The molecule has 9 heteroatoms. The average Bonchev–Trinajstić information content (AvgIpc) is 3.41. The number of ether oxygens (including phenoxy) is 1. The van der Waals surface area contributed by atoms with E-state index in [0.717, 1.165) is 11.3 Å². The van der Waals surface area contributed by atoms with Crippen molar-refractivity contribution in [1.29, 1.82) is 0 Å². The van der Waals surface area contributed by atoms with Crippen molar-refractivity contribution in [2.24, 2.45) is 0 Å².